The first-order chi connectivity index (χ1) is 12.9. The van der Waals surface area contributed by atoms with Gasteiger partial charge in [-0.25, -0.2) is 4.79 Å². The van der Waals surface area contributed by atoms with Crippen LogP contribution in [0.15, 0.2) is 59.8 Å². The number of carbonyl (C=O) groups is 1. The topological polar surface area (TPSA) is 71.2 Å². The Bertz CT molecular complexity index is 1010. The summed E-state index contributed by atoms with van der Waals surface area (Å²) < 4.78 is 43.3. The average Bonchev–Trinajstić information content (AvgIpc) is 3.11. The third kappa shape index (κ3) is 3.01. The van der Waals surface area contributed by atoms with E-state index in [1.54, 1.807) is 30.3 Å². The zero-order valence-electron chi connectivity index (χ0n) is 13.5. The maximum absolute atomic E-state index is 14.0. The molecule has 27 heavy (non-hydrogen) atoms. The number of carboxylic acid groups (broad SMARTS) is 1. The molecule has 0 saturated carbocycles. The summed E-state index contributed by atoms with van der Waals surface area (Å²) in [6, 6.07) is 12.2. The van der Waals surface area contributed by atoms with Crippen LogP contribution >= 0.6 is 11.8 Å². The molecule has 1 atom stereocenters. The van der Waals surface area contributed by atoms with Gasteiger partial charge in [-0.3, -0.25) is 9.47 Å². The average molecular weight is 392 g/mol. The number of fused-ring (bicyclic) bond motifs is 3. The second-order valence-electron chi connectivity index (χ2n) is 5.69. The summed E-state index contributed by atoms with van der Waals surface area (Å²) >= 11 is 0.987. The van der Waals surface area contributed by atoms with E-state index in [0.717, 1.165) is 23.9 Å². The zero-order chi connectivity index (χ0) is 19.2. The van der Waals surface area contributed by atoms with Crippen LogP contribution in [0.2, 0.25) is 0 Å². The van der Waals surface area contributed by atoms with E-state index in [9.17, 15) is 23.1 Å². The molecule has 2 aromatic carbocycles. The third-order valence-corrected chi connectivity index (χ3v) is 5.22. The van der Waals surface area contributed by atoms with Crippen LogP contribution in [0.3, 0.4) is 0 Å². The van der Waals surface area contributed by atoms with Crippen LogP contribution in [0.4, 0.5) is 18.9 Å². The Morgan fingerprint density at radius 3 is 2.52 bits per heavy atom. The van der Waals surface area contributed by atoms with Gasteiger partial charge >= 0.3 is 12.3 Å². The van der Waals surface area contributed by atoms with E-state index in [1.165, 1.54) is 17.0 Å². The van der Waals surface area contributed by atoms with E-state index in [-0.39, 0.29) is 27.7 Å². The molecule has 1 N–H and O–H groups in total. The molecule has 6 nitrogen and oxygen atoms in total. The lowest BCUT2D eigenvalue weighted by atomic mass is 10.1. The number of benzene rings is 2. The van der Waals surface area contributed by atoms with E-state index in [4.69, 9.17) is 0 Å². The Morgan fingerprint density at radius 1 is 1.11 bits per heavy atom. The van der Waals surface area contributed by atoms with Gasteiger partial charge in [0.05, 0.1) is 16.9 Å². The summed E-state index contributed by atoms with van der Waals surface area (Å²) in [4.78, 5) is 12.2. The van der Waals surface area contributed by atoms with Gasteiger partial charge in [0, 0.05) is 4.90 Å². The smallest absolute Gasteiger partial charge is 0.478 e. The third-order valence-electron chi connectivity index (χ3n) is 4.04. The van der Waals surface area contributed by atoms with E-state index in [1.807, 2.05) is 0 Å². The molecule has 3 aromatic rings. The van der Waals surface area contributed by atoms with E-state index < -0.39 is 17.6 Å². The van der Waals surface area contributed by atoms with Crippen molar-refractivity contribution in [3.8, 4) is 5.69 Å². The van der Waals surface area contributed by atoms with E-state index in [0.29, 0.717) is 4.90 Å². The minimum absolute atomic E-state index is 0.0659. The van der Waals surface area contributed by atoms with Crippen molar-refractivity contribution in [2.24, 2.45) is 0 Å². The number of anilines is 1. The van der Waals surface area contributed by atoms with Gasteiger partial charge in [-0.2, -0.15) is 13.2 Å². The fraction of sp³-hybridized carbons (Fsp3) is 0.118. The minimum atomic E-state index is -4.71. The Balaban J connectivity index is 1.90. The van der Waals surface area contributed by atoms with Crippen molar-refractivity contribution in [1.82, 2.24) is 14.8 Å². The lowest BCUT2D eigenvalue weighted by Gasteiger charge is -2.38. The number of thioether (sulfide) groups is 1. The predicted octanol–water partition coefficient (Wildman–Crippen LogP) is 4.10. The lowest BCUT2D eigenvalue weighted by molar-refractivity contribution is -0.132. The van der Waals surface area contributed by atoms with Crippen LogP contribution in [-0.2, 0) is 0 Å². The van der Waals surface area contributed by atoms with Crippen LogP contribution in [0.25, 0.3) is 5.69 Å². The zero-order valence-corrected chi connectivity index (χ0v) is 14.3. The van der Waals surface area contributed by atoms with Crippen molar-refractivity contribution in [2.45, 2.75) is 16.6 Å². The number of nitrogens with zero attached hydrogens (tertiary/aromatic N) is 4. The number of aromatic nitrogens is 3. The van der Waals surface area contributed by atoms with Crippen LogP contribution in [-0.4, -0.2) is 32.1 Å². The summed E-state index contributed by atoms with van der Waals surface area (Å²) in [5.41, 5.74) is -0.213. The van der Waals surface area contributed by atoms with Crippen molar-refractivity contribution in [2.75, 3.05) is 4.90 Å². The van der Waals surface area contributed by atoms with Gasteiger partial charge < -0.3 is 5.11 Å². The molecule has 1 aliphatic rings. The molecule has 1 aromatic heterocycles. The number of rotatable bonds is 3. The van der Waals surface area contributed by atoms with Crippen molar-refractivity contribution >= 4 is 23.4 Å². The Labute approximate surface area is 155 Å². The van der Waals surface area contributed by atoms with E-state index in [2.05, 4.69) is 10.2 Å². The normalized spacial score (nSPS) is 16.0. The number of hydrogen-bond acceptors (Lipinski definition) is 5. The summed E-state index contributed by atoms with van der Waals surface area (Å²) in [5, 5.41) is 15.6. The highest BCUT2D eigenvalue weighted by Crippen LogP contribution is 2.50. The van der Waals surface area contributed by atoms with Crippen molar-refractivity contribution in [3.05, 3.63) is 66.2 Å². The molecule has 0 spiro atoms. The molecule has 138 valence electrons. The molecule has 2 heterocycles. The maximum Gasteiger partial charge on any atom is 0.486 e. The van der Waals surface area contributed by atoms with E-state index >= 15 is 0 Å². The summed E-state index contributed by atoms with van der Waals surface area (Å²) in [5.74, 6) is -1.16. The molecule has 0 aliphatic carbocycles. The highest BCUT2D eigenvalue weighted by Gasteiger charge is 2.48. The van der Waals surface area contributed by atoms with Crippen LogP contribution in [0.5, 0.6) is 0 Å². The quantitative estimate of drug-likeness (QED) is 0.677. The molecule has 4 rings (SSSR count). The maximum atomic E-state index is 14.0. The van der Waals surface area contributed by atoms with Crippen LogP contribution in [0, 0.1) is 0 Å². The molecule has 1 unspecified atom stereocenters. The summed E-state index contributed by atoms with van der Waals surface area (Å²) in [6.07, 6.45) is -3.42. The predicted molar refractivity (Wildman–Crippen MR) is 91.9 cm³/mol. The Kier molecular flexibility index (Phi) is 4.06. The second kappa shape index (κ2) is 6.31. The fourth-order valence-electron chi connectivity index (χ4n) is 2.90. The molecular weight excluding hydrogens is 381 g/mol. The summed E-state index contributed by atoms with van der Waals surface area (Å²) in [7, 11) is 0. The summed E-state index contributed by atoms with van der Waals surface area (Å²) in [6.45, 7) is 0. The van der Waals surface area contributed by atoms with Gasteiger partial charge in [0.2, 0.25) is 0 Å². The highest BCUT2D eigenvalue weighted by atomic mass is 32.2. The largest absolute Gasteiger partial charge is 0.486 e. The molecule has 0 amide bonds. The first kappa shape index (κ1) is 17.4. The second-order valence-corrected chi connectivity index (χ2v) is 6.84. The number of alkyl halides is 3. The standard InChI is InChI=1S/C17H11F3N4O2S/c18-17(19,20)24-12-7-6-10(16(25)26)8-13(12)23-9-21-22-14(23)15(24)27-11-4-2-1-3-5-11/h1-9,15H,(H,25,26). The Morgan fingerprint density at radius 2 is 1.85 bits per heavy atom. The number of aromatic carboxylic acids is 1. The molecule has 0 saturated heterocycles. The molecule has 0 radical (unpaired) electrons. The van der Waals surface area contributed by atoms with Gasteiger partial charge in [0.15, 0.2) is 5.82 Å². The Hall–Kier alpha value is -3.01. The highest BCUT2D eigenvalue weighted by molar-refractivity contribution is 7.99. The van der Waals surface area contributed by atoms with Crippen LogP contribution < -0.4 is 4.90 Å². The lowest BCUT2D eigenvalue weighted by Crippen LogP contribution is -2.43. The van der Waals surface area contributed by atoms with Gasteiger partial charge in [0.25, 0.3) is 0 Å². The van der Waals surface area contributed by atoms with Crippen molar-refractivity contribution in [3.63, 3.8) is 0 Å². The van der Waals surface area contributed by atoms with Gasteiger partial charge in [-0.1, -0.05) is 30.0 Å². The van der Waals surface area contributed by atoms with Crippen molar-refractivity contribution < 1.29 is 23.1 Å². The molecule has 0 fully saturated rings. The monoisotopic (exact) mass is 392 g/mol. The SMILES string of the molecule is O=C(O)c1ccc2c(c1)-n1cnnc1C(Sc1ccccc1)N2C(F)(F)F. The first-order valence-corrected chi connectivity index (χ1v) is 8.59. The van der Waals surface area contributed by atoms with Gasteiger partial charge in [-0.15, -0.1) is 10.2 Å². The van der Waals surface area contributed by atoms with Gasteiger partial charge in [-0.05, 0) is 30.3 Å². The van der Waals surface area contributed by atoms with Crippen molar-refractivity contribution in [1.29, 1.82) is 0 Å². The first-order valence-electron chi connectivity index (χ1n) is 7.71. The number of carboxylic acids is 1. The molecule has 0 bridgehead atoms. The number of halogens is 3. The fourth-order valence-corrected chi connectivity index (χ4v) is 4.07. The minimum Gasteiger partial charge on any atom is -0.478 e. The molecule has 10 heteroatoms. The molecular formula is C17H11F3N4O2S. The number of hydrogen-bond donors (Lipinski definition) is 1. The molecule has 1 aliphatic heterocycles. The van der Waals surface area contributed by atoms with Crippen LogP contribution in [0.1, 0.15) is 21.6 Å². The van der Waals surface area contributed by atoms with Gasteiger partial charge in [0.1, 0.15) is 11.7 Å².